The first kappa shape index (κ1) is 17.6. The predicted molar refractivity (Wildman–Crippen MR) is 105 cm³/mol. The van der Waals surface area contributed by atoms with E-state index >= 15 is 0 Å². The van der Waals surface area contributed by atoms with Crippen LogP contribution in [-0.2, 0) is 11.3 Å². The van der Waals surface area contributed by atoms with Gasteiger partial charge in [-0.05, 0) is 23.8 Å². The maximum atomic E-state index is 12.8. The number of amides is 3. The van der Waals surface area contributed by atoms with E-state index in [4.69, 9.17) is 0 Å². The standard InChI is InChI=1S/C19H18N4O2S/c1-14(24)21-16-8-5-9-17(12-16)23(13-15-6-3-2-4-7-15)19(25)22-18-20-10-11-26-18/h2-12H,13H2,1H3,(H,21,24)(H,20,22,25). The molecule has 7 heteroatoms. The molecule has 0 spiro atoms. The van der Waals surface area contributed by atoms with Crippen molar-refractivity contribution in [3.8, 4) is 0 Å². The van der Waals surface area contributed by atoms with Gasteiger partial charge in [0.15, 0.2) is 5.13 Å². The van der Waals surface area contributed by atoms with Gasteiger partial charge in [0, 0.05) is 29.9 Å². The van der Waals surface area contributed by atoms with Crippen molar-refractivity contribution in [1.82, 2.24) is 4.98 Å². The van der Waals surface area contributed by atoms with Gasteiger partial charge >= 0.3 is 6.03 Å². The fraction of sp³-hybridized carbons (Fsp3) is 0.105. The number of hydrogen-bond donors (Lipinski definition) is 2. The smallest absolute Gasteiger partial charge is 0.326 e. The van der Waals surface area contributed by atoms with Gasteiger partial charge in [-0.2, -0.15) is 0 Å². The summed E-state index contributed by atoms with van der Waals surface area (Å²) in [5, 5.41) is 7.88. The summed E-state index contributed by atoms with van der Waals surface area (Å²) >= 11 is 1.35. The van der Waals surface area contributed by atoms with Crippen LogP contribution in [0.5, 0.6) is 0 Å². The minimum atomic E-state index is -0.288. The molecule has 0 aliphatic rings. The zero-order chi connectivity index (χ0) is 18.4. The Morgan fingerprint density at radius 3 is 2.58 bits per heavy atom. The molecule has 0 atom stereocenters. The van der Waals surface area contributed by atoms with E-state index in [1.165, 1.54) is 18.3 Å². The van der Waals surface area contributed by atoms with Crippen LogP contribution in [0.4, 0.5) is 21.3 Å². The lowest BCUT2D eigenvalue weighted by atomic mass is 10.2. The van der Waals surface area contributed by atoms with Crippen LogP contribution in [0.15, 0.2) is 66.2 Å². The third kappa shape index (κ3) is 4.67. The van der Waals surface area contributed by atoms with Gasteiger partial charge < -0.3 is 5.32 Å². The quantitative estimate of drug-likeness (QED) is 0.705. The third-order valence-corrected chi connectivity index (χ3v) is 4.24. The second-order valence-corrected chi connectivity index (χ2v) is 6.47. The number of anilines is 3. The van der Waals surface area contributed by atoms with Crippen molar-refractivity contribution in [1.29, 1.82) is 0 Å². The van der Waals surface area contributed by atoms with E-state index < -0.39 is 0 Å². The van der Waals surface area contributed by atoms with Gasteiger partial charge in [-0.1, -0.05) is 36.4 Å². The largest absolute Gasteiger partial charge is 0.328 e. The summed E-state index contributed by atoms with van der Waals surface area (Å²) in [6.45, 7) is 1.84. The molecule has 132 valence electrons. The number of urea groups is 1. The molecule has 0 bridgehead atoms. The second-order valence-electron chi connectivity index (χ2n) is 5.57. The van der Waals surface area contributed by atoms with Crippen molar-refractivity contribution >= 4 is 39.8 Å². The summed E-state index contributed by atoms with van der Waals surface area (Å²) in [4.78, 5) is 29.9. The second kappa shape index (κ2) is 8.26. The molecule has 0 saturated carbocycles. The molecule has 0 aliphatic carbocycles. The molecule has 6 nitrogen and oxygen atoms in total. The highest BCUT2D eigenvalue weighted by atomic mass is 32.1. The van der Waals surface area contributed by atoms with Crippen LogP contribution in [0.25, 0.3) is 0 Å². The van der Waals surface area contributed by atoms with Crippen LogP contribution >= 0.6 is 11.3 Å². The van der Waals surface area contributed by atoms with Crippen LogP contribution in [-0.4, -0.2) is 16.9 Å². The first-order chi connectivity index (χ1) is 12.6. The summed E-state index contributed by atoms with van der Waals surface area (Å²) in [5.41, 5.74) is 2.30. The van der Waals surface area contributed by atoms with Crippen molar-refractivity contribution in [3.63, 3.8) is 0 Å². The normalized spacial score (nSPS) is 10.2. The molecule has 26 heavy (non-hydrogen) atoms. The number of carbonyl (C=O) groups excluding carboxylic acids is 2. The van der Waals surface area contributed by atoms with E-state index in [1.54, 1.807) is 34.7 Å². The highest BCUT2D eigenvalue weighted by molar-refractivity contribution is 7.13. The van der Waals surface area contributed by atoms with Gasteiger partial charge in [0.2, 0.25) is 5.91 Å². The van der Waals surface area contributed by atoms with Crippen molar-refractivity contribution in [2.24, 2.45) is 0 Å². The third-order valence-electron chi connectivity index (χ3n) is 3.55. The summed E-state index contributed by atoms with van der Waals surface area (Å²) in [6, 6.07) is 16.6. The van der Waals surface area contributed by atoms with Crippen LogP contribution in [0.1, 0.15) is 12.5 Å². The van der Waals surface area contributed by atoms with Gasteiger partial charge in [-0.15, -0.1) is 11.3 Å². The zero-order valence-electron chi connectivity index (χ0n) is 14.2. The molecule has 0 aliphatic heterocycles. The van der Waals surface area contributed by atoms with Gasteiger partial charge in [0.1, 0.15) is 0 Å². The van der Waals surface area contributed by atoms with Crippen molar-refractivity contribution in [2.45, 2.75) is 13.5 Å². The number of nitrogens with zero attached hydrogens (tertiary/aromatic N) is 2. The minimum absolute atomic E-state index is 0.163. The lowest BCUT2D eigenvalue weighted by Crippen LogP contribution is -2.34. The lowest BCUT2D eigenvalue weighted by Gasteiger charge is -2.23. The Morgan fingerprint density at radius 1 is 1.08 bits per heavy atom. The number of nitrogens with one attached hydrogen (secondary N) is 2. The Balaban J connectivity index is 1.89. The Kier molecular flexibility index (Phi) is 5.60. The van der Waals surface area contributed by atoms with Crippen LogP contribution in [0.2, 0.25) is 0 Å². The molecule has 1 aromatic heterocycles. The lowest BCUT2D eigenvalue weighted by molar-refractivity contribution is -0.114. The summed E-state index contributed by atoms with van der Waals surface area (Å²) in [6.07, 6.45) is 1.64. The molecule has 3 aromatic rings. The maximum Gasteiger partial charge on any atom is 0.328 e. The SMILES string of the molecule is CC(=O)Nc1cccc(N(Cc2ccccc2)C(=O)Nc2nccs2)c1. The van der Waals surface area contributed by atoms with Crippen LogP contribution in [0.3, 0.4) is 0 Å². The molecule has 1 heterocycles. The Hall–Kier alpha value is -3.19. The van der Waals surface area contributed by atoms with E-state index in [2.05, 4.69) is 15.6 Å². The number of benzene rings is 2. The molecule has 0 saturated heterocycles. The first-order valence-corrected chi connectivity index (χ1v) is 8.89. The molecular formula is C19H18N4O2S. The molecule has 2 N–H and O–H groups in total. The average molecular weight is 366 g/mol. The number of aromatic nitrogens is 1. The Morgan fingerprint density at radius 2 is 1.88 bits per heavy atom. The fourth-order valence-corrected chi connectivity index (χ4v) is 2.96. The molecule has 0 fully saturated rings. The Bertz CT molecular complexity index is 882. The molecular weight excluding hydrogens is 348 g/mol. The topological polar surface area (TPSA) is 74.3 Å². The summed E-state index contributed by atoms with van der Waals surface area (Å²) in [5.74, 6) is -0.163. The molecule has 0 unspecified atom stereocenters. The first-order valence-electron chi connectivity index (χ1n) is 8.01. The number of rotatable bonds is 5. The highest BCUT2D eigenvalue weighted by Crippen LogP contribution is 2.23. The van der Waals surface area contributed by atoms with Gasteiger partial charge in [-0.3, -0.25) is 15.0 Å². The summed E-state index contributed by atoms with van der Waals surface area (Å²) in [7, 11) is 0. The zero-order valence-corrected chi connectivity index (χ0v) is 15.0. The molecule has 2 aromatic carbocycles. The monoisotopic (exact) mass is 366 g/mol. The minimum Gasteiger partial charge on any atom is -0.326 e. The van der Waals surface area contributed by atoms with E-state index in [9.17, 15) is 9.59 Å². The summed E-state index contributed by atoms with van der Waals surface area (Å²) < 4.78 is 0. The number of carbonyl (C=O) groups is 2. The van der Waals surface area contributed by atoms with Gasteiger partial charge in [0.05, 0.1) is 6.54 Å². The van der Waals surface area contributed by atoms with Crippen molar-refractivity contribution in [3.05, 3.63) is 71.7 Å². The van der Waals surface area contributed by atoms with E-state index in [1.807, 2.05) is 36.4 Å². The van der Waals surface area contributed by atoms with Gasteiger partial charge in [-0.25, -0.2) is 9.78 Å². The molecule has 3 amide bonds. The fourth-order valence-electron chi connectivity index (χ4n) is 2.45. The Labute approximate surface area is 155 Å². The van der Waals surface area contributed by atoms with E-state index in [0.717, 1.165) is 5.56 Å². The van der Waals surface area contributed by atoms with Crippen LogP contribution < -0.4 is 15.5 Å². The predicted octanol–water partition coefficient (Wildman–Crippen LogP) is 4.34. The maximum absolute atomic E-state index is 12.8. The van der Waals surface area contributed by atoms with E-state index in [-0.39, 0.29) is 11.9 Å². The average Bonchev–Trinajstić information content (AvgIpc) is 3.13. The van der Waals surface area contributed by atoms with Crippen molar-refractivity contribution in [2.75, 3.05) is 15.5 Å². The van der Waals surface area contributed by atoms with Crippen LogP contribution in [0, 0.1) is 0 Å². The molecule has 3 rings (SSSR count). The molecule has 0 radical (unpaired) electrons. The van der Waals surface area contributed by atoms with Crippen molar-refractivity contribution < 1.29 is 9.59 Å². The number of hydrogen-bond acceptors (Lipinski definition) is 4. The van der Waals surface area contributed by atoms with E-state index in [0.29, 0.717) is 23.1 Å². The van der Waals surface area contributed by atoms with Gasteiger partial charge in [0.25, 0.3) is 0 Å². The number of thiazole rings is 1. The highest BCUT2D eigenvalue weighted by Gasteiger charge is 2.18.